The van der Waals surface area contributed by atoms with Crippen molar-refractivity contribution in [2.45, 2.75) is 54.4 Å². The molecule has 0 radical (unpaired) electrons. The van der Waals surface area contributed by atoms with Gasteiger partial charge in [-0.05, 0) is 68.4 Å². The van der Waals surface area contributed by atoms with E-state index in [0.717, 1.165) is 28.8 Å². The number of aliphatic imine (C=N–C) groups is 1. The lowest BCUT2D eigenvalue weighted by Crippen LogP contribution is -2.38. The van der Waals surface area contributed by atoms with E-state index in [0.29, 0.717) is 30.3 Å². The first-order valence-electron chi connectivity index (χ1n) is 8.75. The summed E-state index contributed by atoms with van der Waals surface area (Å²) in [4.78, 5) is 4.57. The van der Waals surface area contributed by atoms with Crippen LogP contribution in [0.3, 0.4) is 0 Å². The van der Waals surface area contributed by atoms with Gasteiger partial charge in [-0.25, -0.2) is 15.2 Å². The second-order valence-corrected chi connectivity index (χ2v) is 6.83. The van der Waals surface area contributed by atoms with Crippen molar-refractivity contribution in [2.24, 2.45) is 16.8 Å². The molecular weight excluding hydrogens is 315 g/mol. The maximum atomic E-state index is 14.4. The number of nitrogens with one attached hydrogen (secondary N) is 1. The van der Waals surface area contributed by atoms with Crippen molar-refractivity contribution >= 4 is 12.1 Å². The Kier molecular flexibility index (Phi) is 7.97. The highest BCUT2D eigenvalue weighted by Crippen LogP contribution is 2.25. The Morgan fingerprint density at radius 1 is 1.40 bits per heavy atom. The summed E-state index contributed by atoms with van der Waals surface area (Å²) in [5.74, 6) is 7.13. The summed E-state index contributed by atoms with van der Waals surface area (Å²) < 4.78 is 14.4. The molecule has 0 aliphatic carbocycles. The Hall–Kier alpha value is -2.01. The van der Waals surface area contributed by atoms with E-state index >= 15 is 0 Å². The van der Waals surface area contributed by atoms with E-state index in [-0.39, 0.29) is 5.82 Å². The minimum Gasteiger partial charge on any atom is -0.309 e. The van der Waals surface area contributed by atoms with Crippen molar-refractivity contribution < 1.29 is 4.39 Å². The molecule has 0 aliphatic heterocycles. The van der Waals surface area contributed by atoms with Crippen LogP contribution >= 0.6 is 0 Å². The van der Waals surface area contributed by atoms with Gasteiger partial charge < -0.3 is 5.41 Å². The summed E-state index contributed by atoms with van der Waals surface area (Å²) in [5.41, 5.74) is 4.19. The maximum Gasteiger partial charge on any atom is 0.129 e. The molecule has 0 bridgehead atoms. The van der Waals surface area contributed by atoms with Crippen LogP contribution in [-0.4, -0.2) is 23.6 Å². The van der Waals surface area contributed by atoms with Crippen LogP contribution in [0.15, 0.2) is 22.8 Å². The molecule has 0 spiro atoms. The number of hydrazine groups is 1. The van der Waals surface area contributed by atoms with Gasteiger partial charge in [0.2, 0.25) is 0 Å². The van der Waals surface area contributed by atoms with E-state index in [1.54, 1.807) is 18.0 Å². The summed E-state index contributed by atoms with van der Waals surface area (Å²) in [6, 6.07) is 1.91. The molecule has 0 amide bonds. The van der Waals surface area contributed by atoms with Crippen LogP contribution in [0.1, 0.15) is 49.9 Å². The molecule has 0 aliphatic rings. The van der Waals surface area contributed by atoms with Gasteiger partial charge in [0.05, 0.1) is 0 Å². The topological polar surface area (TPSA) is 65.5 Å². The zero-order valence-corrected chi connectivity index (χ0v) is 16.3. The van der Waals surface area contributed by atoms with Crippen LogP contribution in [-0.2, 0) is 12.8 Å². The Balaban J connectivity index is 3.41. The van der Waals surface area contributed by atoms with E-state index in [9.17, 15) is 4.39 Å². The summed E-state index contributed by atoms with van der Waals surface area (Å²) in [6.07, 6.45) is 4.19. The second-order valence-electron chi connectivity index (χ2n) is 6.83. The average Bonchev–Trinajstić information content (AvgIpc) is 2.55. The predicted molar refractivity (Wildman–Crippen MR) is 105 cm³/mol. The van der Waals surface area contributed by atoms with Gasteiger partial charge >= 0.3 is 0 Å². The monoisotopic (exact) mass is 346 g/mol. The lowest BCUT2D eigenvalue weighted by Gasteiger charge is -2.22. The Labute approximate surface area is 151 Å². The molecule has 138 valence electrons. The SMILES string of the molecule is CCN(N)C(Cc1cc(C)c(F)c(C)c1CC(C)C)=N/C(C)=C/C=N. The quantitative estimate of drug-likeness (QED) is 0.334. The Morgan fingerprint density at radius 3 is 2.56 bits per heavy atom. The zero-order chi connectivity index (χ0) is 19.1. The summed E-state index contributed by atoms with van der Waals surface area (Å²) in [6.45, 7) is 12.3. The first-order valence-corrected chi connectivity index (χ1v) is 8.75. The Morgan fingerprint density at radius 2 is 2.04 bits per heavy atom. The molecule has 1 aromatic carbocycles. The minimum absolute atomic E-state index is 0.127. The van der Waals surface area contributed by atoms with Gasteiger partial charge in [0, 0.05) is 24.9 Å². The number of hydrogen-bond donors (Lipinski definition) is 2. The molecule has 0 saturated heterocycles. The van der Waals surface area contributed by atoms with Gasteiger partial charge in [0.1, 0.15) is 11.7 Å². The number of rotatable bonds is 7. The molecule has 1 rings (SSSR count). The first kappa shape index (κ1) is 21.0. The third-order valence-corrected chi connectivity index (χ3v) is 4.17. The molecule has 3 N–H and O–H groups in total. The molecule has 0 saturated carbocycles. The normalized spacial score (nSPS) is 12.7. The van der Waals surface area contributed by atoms with Crippen molar-refractivity contribution in [3.05, 3.63) is 45.9 Å². The maximum absolute atomic E-state index is 14.4. The minimum atomic E-state index is -0.127. The predicted octanol–water partition coefficient (Wildman–Crippen LogP) is 4.33. The number of nitrogens with two attached hydrogens (primary N) is 1. The van der Waals surface area contributed by atoms with Gasteiger partial charge in [-0.15, -0.1) is 0 Å². The number of hydrogen-bond acceptors (Lipinski definition) is 3. The van der Waals surface area contributed by atoms with Crippen LogP contribution < -0.4 is 5.84 Å². The number of aryl methyl sites for hydroxylation is 1. The van der Waals surface area contributed by atoms with Gasteiger partial charge in [0.15, 0.2) is 0 Å². The van der Waals surface area contributed by atoms with Crippen LogP contribution in [0.2, 0.25) is 0 Å². The lowest BCUT2D eigenvalue weighted by atomic mass is 9.90. The van der Waals surface area contributed by atoms with Gasteiger partial charge in [-0.3, -0.25) is 5.01 Å². The summed E-state index contributed by atoms with van der Waals surface area (Å²) in [5, 5.41) is 8.79. The standard InChI is InChI=1S/C20H31FN4/c1-7-25(23)19(24-15(5)8-9-22)12-17-11-14(4)20(21)16(6)18(17)10-13(2)3/h8-9,11,13,22H,7,10,12,23H2,1-6H3/b15-8+,22-9?,24-19?. The summed E-state index contributed by atoms with van der Waals surface area (Å²) >= 11 is 0. The largest absolute Gasteiger partial charge is 0.309 e. The molecule has 5 heteroatoms. The number of halogens is 1. The number of allylic oxidation sites excluding steroid dienone is 2. The highest BCUT2D eigenvalue weighted by Gasteiger charge is 2.17. The molecule has 0 atom stereocenters. The smallest absolute Gasteiger partial charge is 0.129 e. The molecule has 0 fully saturated rings. The van der Waals surface area contributed by atoms with Crippen LogP contribution in [0.25, 0.3) is 0 Å². The van der Waals surface area contributed by atoms with Crippen LogP contribution in [0.4, 0.5) is 4.39 Å². The fraction of sp³-hybridized carbons (Fsp3) is 0.500. The van der Waals surface area contributed by atoms with E-state index < -0.39 is 0 Å². The molecule has 1 aromatic rings. The van der Waals surface area contributed by atoms with Gasteiger partial charge in [-0.2, -0.15) is 0 Å². The van der Waals surface area contributed by atoms with Crippen LogP contribution in [0.5, 0.6) is 0 Å². The molecule has 0 aromatic heterocycles. The van der Waals surface area contributed by atoms with Gasteiger partial charge in [-0.1, -0.05) is 19.9 Å². The second kappa shape index (κ2) is 9.47. The number of amidine groups is 1. The molecule has 0 heterocycles. The molecule has 4 nitrogen and oxygen atoms in total. The molecular formula is C20H31FN4. The van der Waals surface area contributed by atoms with Crippen LogP contribution in [0, 0.1) is 31.0 Å². The first-order chi connectivity index (χ1) is 11.7. The highest BCUT2D eigenvalue weighted by molar-refractivity contribution is 5.86. The van der Waals surface area contributed by atoms with Crippen molar-refractivity contribution in [1.82, 2.24) is 5.01 Å². The van der Waals surface area contributed by atoms with E-state index in [2.05, 4.69) is 18.8 Å². The highest BCUT2D eigenvalue weighted by atomic mass is 19.1. The van der Waals surface area contributed by atoms with Crippen molar-refractivity contribution in [3.8, 4) is 0 Å². The van der Waals surface area contributed by atoms with E-state index in [1.807, 2.05) is 26.8 Å². The van der Waals surface area contributed by atoms with Crippen molar-refractivity contribution in [3.63, 3.8) is 0 Å². The van der Waals surface area contributed by atoms with E-state index in [4.69, 9.17) is 11.3 Å². The Bertz CT molecular complexity index is 675. The van der Waals surface area contributed by atoms with E-state index in [1.165, 1.54) is 6.21 Å². The third kappa shape index (κ3) is 5.78. The van der Waals surface area contributed by atoms with Crippen molar-refractivity contribution in [1.29, 1.82) is 5.41 Å². The fourth-order valence-electron chi connectivity index (χ4n) is 2.85. The zero-order valence-electron chi connectivity index (χ0n) is 16.3. The van der Waals surface area contributed by atoms with Crippen molar-refractivity contribution in [2.75, 3.05) is 6.54 Å². The number of likely N-dealkylation sites (N-methyl/N-ethyl adjacent to an activating group) is 1. The average molecular weight is 346 g/mol. The van der Waals surface area contributed by atoms with Gasteiger partial charge in [0.25, 0.3) is 0 Å². The number of benzene rings is 1. The fourth-order valence-corrected chi connectivity index (χ4v) is 2.85. The lowest BCUT2D eigenvalue weighted by molar-refractivity contribution is 0.456. The number of nitrogens with zero attached hydrogens (tertiary/aromatic N) is 2. The summed E-state index contributed by atoms with van der Waals surface area (Å²) in [7, 11) is 0. The third-order valence-electron chi connectivity index (χ3n) is 4.17. The molecule has 0 unspecified atom stereocenters. The molecule has 25 heavy (non-hydrogen) atoms.